The molecule has 0 bridgehead atoms. The molecule has 100 valence electrons. The van der Waals surface area contributed by atoms with Gasteiger partial charge in [-0.3, -0.25) is 0 Å². The number of ether oxygens (including phenoxy) is 1. The Labute approximate surface area is 113 Å². The second-order valence-corrected chi connectivity index (χ2v) is 5.58. The van der Waals surface area contributed by atoms with Gasteiger partial charge in [-0.1, -0.05) is 25.0 Å². The van der Waals surface area contributed by atoms with E-state index in [1.54, 1.807) is 13.2 Å². The molecule has 0 aromatic heterocycles. The van der Waals surface area contributed by atoms with Gasteiger partial charge in [-0.15, -0.1) is 0 Å². The van der Waals surface area contributed by atoms with E-state index in [9.17, 15) is 4.79 Å². The number of isocyanates is 1. The molecule has 3 heteroatoms. The van der Waals surface area contributed by atoms with Crippen LogP contribution in [-0.2, 0) is 23.2 Å². The van der Waals surface area contributed by atoms with Gasteiger partial charge in [0.1, 0.15) is 11.3 Å². The molecule has 1 fully saturated rings. The lowest BCUT2D eigenvalue weighted by Gasteiger charge is -2.26. The Bertz CT molecular complexity index is 538. The second kappa shape index (κ2) is 4.82. The number of rotatable bonds is 3. The first-order valence-corrected chi connectivity index (χ1v) is 7.09. The lowest BCUT2D eigenvalue weighted by atomic mass is 9.86. The van der Waals surface area contributed by atoms with Crippen LogP contribution in [0.1, 0.15) is 48.8 Å². The summed E-state index contributed by atoms with van der Waals surface area (Å²) in [5.74, 6) is 0.968. The van der Waals surface area contributed by atoms with Crippen molar-refractivity contribution in [3.05, 3.63) is 28.8 Å². The van der Waals surface area contributed by atoms with E-state index in [2.05, 4.69) is 17.1 Å². The highest BCUT2D eigenvalue weighted by atomic mass is 16.5. The van der Waals surface area contributed by atoms with Crippen LogP contribution in [0.15, 0.2) is 17.1 Å². The van der Waals surface area contributed by atoms with E-state index in [0.717, 1.165) is 49.8 Å². The van der Waals surface area contributed by atoms with Crippen LogP contribution >= 0.6 is 0 Å². The molecule has 0 spiro atoms. The summed E-state index contributed by atoms with van der Waals surface area (Å²) in [7, 11) is 1.73. The minimum Gasteiger partial charge on any atom is -0.496 e. The quantitative estimate of drug-likeness (QED) is 0.615. The molecule has 3 rings (SSSR count). The predicted molar refractivity (Wildman–Crippen MR) is 73.3 cm³/mol. The van der Waals surface area contributed by atoms with Crippen molar-refractivity contribution < 1.29 is 9.53 Å². The Morgan fingerprint density at radius 2 is 2.00 bits per heavy atom. The summed E-state index contributed by atoms with van der Waals surface area (Å²) in [6.45, 7) is 0. The average molecular weight is 257 g/mol. The molecule has 0 heterocycles. The molecule has 1 aromatic carbocycles. The Hall–Kier alpha value is -1.60. The number of carbonyl (C=O) groups excluding carboxylic acids is 1. The molecule has 0 unspecified atom stereocenters. The van der Waals surface area contributed by atoms with Crippen molar-refractivity contribution >= 4 is 6.08 Å². The second-order valence-electron chi connectivity index (χ2n) is 5.58. The summed E-state index contributed by atoms with van der Waals surface area (Å²) in [4.78, 5) is 15.0. The first-order chi connectivity index (χ1) is 9.30. The summed E-state index contributed by atoms with van der Waals surface area (Å²) in [6, 6.07) is 4.32. The lowest BCUT2D eigenvalue weighted by Crippen LogP contribution is -2.20. The Morgan fingerprint density at radius 1 is 1.21 bits per heavy atom. The Morgan fingerprint density at radius 3 is 2.68 bits per heavy atom. The number of aryl methyl sites for hydroxylation is 1. The zero-order valence-corrected chi connectivity index (χ0v) is 11.4. The highest BCUT2D eigenvalue weighted by Crippen LogP contribution is 2.48. The molecule has 0 aliphatic heterocycles. The molecule has 2 aliphatic carbocycles. The molecular weight excluding hydrogens is 238 g/mol. The van der Waals surface area contributed by atoms with E-state index < -0.39 is 0 Å². The predicted octanol–water partition coefficient (Wildman–Crippen LogP) is 3.29. The standard InChI is InChI=1S/C16H19NO2/c1-19-15-13-6-4-5-12(13)7-8-14(15)16(17-11-18)9-2-3-10-16/h7-8H,2-6,9-10H2,1H3. The van der Waals surface area contributed by atoms with Crippen LogP contribution in [0.3, 0.4) is 0 Å². The molecule has 3 nitrogen and oxygen atoms in total. The fourth-order valence-corrected chi connectivity index (χ4v) is 3.72. The number of hydrogen-bond acceptors (Lipinski definition) is 3. The highest BCUT2D eigenvalue weighted by Gasteiger charge is 2.39. The molecule has 0 saturated heterocycles. The number of aliphatic imine (C=N–C) groups is 1. The van der Waals surface area contributed by atoms with E-state index in [-0.39, 0.29) is 5.54 Å². The molecule has 0 N–H and O–H groups in total. The maximum Gasteiger partial charge on any atom is 0.235 e. The van der Waals surface area contributed by atoms with Crippen molar-refractivity contribution in [3.63, 3.8) is 0 Å². The SMILES string of the molecule is COc1c(C2(N=C=O)CCCC2)ccc2c1CCC2. The third-order valence-corrected chi connectivity index (χ3v) is 4.63. The first kappa shape index (κ1) is 12.4. The van der Waals surface area contributed by atoms with Gasteiger partial charge in [0.15, 0.2) is 0 Å². The van der Waals surface area contributed by atoms with Crippen LogP contribution in [0.5, 0.6) is 5.75 Å². The molecule has 0 amide bonds. The average Bonchev–Trinajstić information content (AvgIpc) is 3.06. The lowest BCUT2D eigenvalue weighted by molar-refractivity contribution is 0.376. The Balaban J connectivity index is 2.16. The van der Waals surface area contributed by atoms with Crippen LogP contribution < -0.4 is 4.74 Å². The van der Waals surface area contributed by atoms with Crippen molar-refractivity contribution in [3.8, 4) is 5.75 Å². The maximum atomic E-state index is 10.8. The van der Waals surface area contributed by atoms with Crippen LogP contribution in [0.2, 0.25) is 0 Å². The third-order valence-electron chi connectivity index (χ3n) is 4.63. The highest BCUT2D eigenvalue weighted by molar-refractivity contribution is 5.53. The molecule has 2 aliphatic rings. The van der Waals surface area contributed by atoms with E-state index in [1.807, 2.05) is 0 Å². The van der Waals surface area contributed by atoms with Gasteiger partial charge >= 0.3 is 0 Å². The van der Waals surface area contributed by atoms with Crippen molar-refractivity contribution in [1.82, 2.24) is 0 Å². The van der Waals surface area contributed by atoms with Crippen molar-refractivity contribution in [1.29, 1.82) is 0 Å². The number of nitrogens with zero attached hydrogens (tertiary/aromatic N) is 1. The maximum absolute atomic E-state index is 10.8. The number of benzene rings is 1. The smallest absolute Gasteiger partial charge is 0.235 e. The summed E-state index contributed by atoms with van der Waals surface area (Å²) in [5, 5.41) is 0. The Kier molecular flexibility index (Phi) is 3.16. The number of methoxy groups -OCH3 is 1. The largest absolute Gasteiger partial charge is 0.496 e. The molecule has 19 heavy (non-hydrogen) atoms. The van der Waals surface area contributed by atoms with Gasteiger partial charge < -0.3 is 4.74 Å². The zero-order chi connectivity index (χ0) is 13.3. The van der Waals surface area contributed by atoms with Crippen LogP contribution in [0.4, 0.5) is 0 Å². The van der Waals surface area contributed by atoms with Gasteiger partial charge in [-0.05, 0) is 43.2 Å². The van der Waals surface area contributed by atoms with Crippen molar-refractivity contribution in [2.45, 2.75) is 50.5 Å². The summed E-state index contributed by atoms with van der Waals surface area (Å²) in [5.41, 5.74) is 3.43. The number of fused-ring (bicyclic) bond motifs is 1. The van der Waals surface area contributed by atoms with Crippen LogP contribution in [0.25, 0.3) is 0 Å². The van der Waals surface area contributed by atoms with Gasteiger partial charge in [0.25, 0.3) is 0 Å². The van der Waals surface area contributed by atoms with Crippen molar-refractivity contribution in [2.24, 2.45) is 4.99 Å². The molecule has 1 saturated carbocycles. The topological polar surface area (TPSA) is 38.7 Å². The van der Waals surface area contributed by atoms with Crippen LogP contribution in [0, 0.1) is 0 Å². The van der Waals surface area contributed by atoms with E-state index >= 15 is 0 Å². The molecule has 0 radical (unpaired) electrons. The van der Waals surface area contributed by atoms with Gasteiger partial charge in [-0.2, -0.15) is 4.99 Å². The first-order valence-electron chi connectivity index (χ1n) is 7.09. The minimum atomic E-state index is -0.384. The summed E-state index contributed by atoms with van der Waals surface area (Å²) >= 11 is 0. The fourth-order valence-electron chi connectivity index (χ4n) is 3.72. The van der Waals surface area contributed by atoms with Gasteiger partial charge in [0.2, 0.25) is 6.08 Å². The van der Waals surface area contributed by atoms with E-state index in [4.69, 9.17) is 4.74 Å². The minimum absolute atomic E-state index is 0.384. The van der Waals surface area contributed by atoms with E-state index in [0.29, 0.717) is 0 Å². The monoisotopic (exact) mass is 257 g/mol. The molecule has 1 aromatic rings. The number of hydrogen-bond donors (Lipinski definition) is 0. The van der Waals surface area contributed by atoms with Crippen LogP contribution in [-0.4, -0.2) is 13.2 Å². The summed E-state index contributed by atoms with van der Waals surface area (Å²) in [6.07, 6.45) is 9.28. The summed E-state index contributed by atoms with van der Waals surface area (Å²) < 4.78 is 5.68. The van der Waals surface area contributed by atoms with Gasteiger partial charge in [-0.25, -0.2) is 4.79 Å². The van der Waals surface area contributed by atoms with Gasteiger partial charge in [0, 0.05) is 5.56 Å². The zero-order valence-electron chi connectivity index (χ0n) is 11.4. The third kappa shape index (κ3) is 1.89. The normalized spacial score (nSPS) is 19.8. The van der Waals surface area contributed by atoms with Gasteiger partial charge in [0.05, 0.1) is 7.11 Å². The van der Waals surface area contributed by atoms with E-state index in [1.165, 1.54) is 17.5 Å². The van der Waals surface area contributed by atoms with Crippen molar-refractivity contribution in [2.75, 3.05) is 7.11 Å². The fraction of sp³-hybridized carbons (Fsp3) is 0.562. The molecule has 0 atom stereocenters. The molecular formula is C16H19NO2.